The number of aromatic amines is 3. The fraction of sp³-hybridized carbons (Fsp3) is 0.633. The van der Waals surface area contributed by atoms with Gasteiger partial charge in [-0.1, -0.05) is 117 Å². The molecule has 28 heteroatoms. The molecule has 4 aliphatic rings. The third kappa shape index (κ3) is 21.9. The van der Waals surface area contributed by atoms with E-state index in [9.17, 15) is 33.9 Å². The van der Waals surface area contributed by atoms with Gasteiger partial charge in [0, 0.05) is 76.0 Å². The molecule has 0 aliphatic heterocycles. The molecule has 3 aromatic carbocycles. The number of aliphatic hydroxyl groups excluding tert-OH is 1. The lowest BCUT2D eigenvalue weighted by Gasteiger charge is -2.65. The van der Waals surface area contributed by atoms with Crippen LogP contribution in [0.5, 0.6) is 0 Å². The van der Waals surface area contributed by atoms with Gasteiger partial charge in [0.15, 0.2) is 0 Å². The molecule has 3 heterocycles. The van der Waals surface area contributed by atoms with Gasteiger partial charge in [0.2, 0.25) is 53.2 Å². The number of hydrogen-bond acceptors (Lipinski definition) is 16. The van der Waals surface area contributed by atoms with E-state index >= 15 is 14.4 Å². The predicted molar refractivity (Wildman–Crippen MR) is 462 cm³/mol. The number of hydrogen-bond donors (Lipinski definition) is 19. The van der Waals surface area contributed by atoms with E-state index in [4.69, 9.17) is 34.4 Å². The summed E-state index contributed by atoms with van der Waals surface area (Å²) in [5.74, 6) is -5.94. The Kier molecular flexibility index (Phi) is 32.5. The van der Waals surface area contributed by atoms with Gasteiger partial charge in [-0.2, -0.15) is 0 Å². The lowest BCUT2D eigenvalue weighted by molar-refractivity contribution is -0.156. The number of nitrogens with two attached hydrogens (primary N) is 6. The molecule has 20 atom stereocenters. The van der Waals surface area contributed by atoms with Crippen molar-refractivity contribution in [2.45, 2.75) is 270 Å². The van der Waals surface area contributed by atoms with Crippen LogP contribution >= 0.6 is 0 Å². The van der Waals surface area contributed by atoms with E-state index in [1.165, 1.54) is 0 Å². The maximum absolute atomic E-state index is 15.8. The molecule has 9 amide bonds. The number of para-hydroxylation sites is 3. The Morgan fingerprint density at radius 2 is 0.831 bits per heavy atom. The number of rotatable bonds is 43. The van der Waals surface area contributed by atoms with Crippen LogP contribution in [-0.2, 0) is 62.4 Å². The molecule has 0 spiro atoms. The molecule has 4 saturated carbocycles. The van der Waals surface area contributed by atoms with Gasteiger partial charge >= 0.3 is 0 Å². The van der Waals surface area contributed by atoms with Crippen molar-refractivity contribution in [3.63, 3.8) is 0 Å². The molecule has 4 fully saturated rings. The van der Waals surface area contributed by atoms with Crippen LogP contribution < -0.4 is 82.3 Å². The van der Waals surface area contributed by atoms with Gasteiger partial charge in [0.1, 0.15) is 36.3 Å². The zero-order valence-electron chi connectivity index (χ0n) is 71.0. The van der Waals surface area contributed by atoms with Crippen molar-refractivity contribution < 1.29 is 48.3 Å². The molecule has 648 valence electrons. The minimum atomic E-state index is -1.07. The molecule has 118 heavy (non-hydrogen) atoms. The highest BCUT2D eigenvalue weighted by Crippen LogP contribution is 2.68. The van der Waals surface area contributed by atoms with Crippen LogP contribution in [0.25, 0.3) is 32.7 Å². The number of amides is 9. The molecule has 0 bridgehead atoms. The molecule has 0 saturated heterocycles. The van der Waals surface area contributed by atoms with Gasteiger partial charge in [-0.05, 0) is 253 Å². The summed E-state index contributed by atoms with van der Waals surface area (Å²) in [6.07, 6.45) is 15.8. The van der Waals surface area contributed by atoms with E-state index in [0.717, 1.165) is 68.7 Å². The summed E-state index contributed by atoms with van der Waals surface area (Å²) in [7, 11) is 0. The van der Waals surface area contributed by atoms with Crippen LogP contribution in [0.15, 0.2) is 91.4 Å². The Morgan fingerprint density at radius 1 is 0.441 bits per heavy atom. The van der Waals surface area contributed by atoms with Crippen LogP contribution in [0.2, 0.25) is 0 Å². The number of aliphatic hydroxyl groups is 1. The van der Waals surface area contributed by atoms with Gasteiger partial charge in [-0.3, -0.25) is 43.2 Å². The van der Waals surface area contributed by atoms with Gasteiger partial charge < -0.3 is 102 Å². The Labute approximate surface area is 696 Å². The topological polar surface area (TPSA) is 486 Å². The van der Waals surface area contributed by atoms with Crippen molar-refractivity contribution in [1.29, 1.82) is 0 Å². The van der Waals surface area contributed by atoms with Gasteiger partial charge in [0.05, 0.1) is 18.1 Å². The predicted octanol–water partition coefficient (Wildman–Crippen LogP) is 6.15. The van der Waals surface area contributed by atoms with Crippen molar-refractivity contribution in [1.82, 2.24) is 62.8 Å². The molecule has 28 nitrogen and oxygen atoms in total. The monoisotopic (exact) mass is 1630 g/mol. The van der Waals surface area contributed by atoms with E-state index in [1.54, 1.807) is 0 Å². The highest BCUT2D eigenvalue weighted by molar-refractivity contribution is 5.97. The van der Waals surface area contributed by atoms with Gasteiger partial charge in [0.25, 0.3) is 0 Å². The van der Waals surface area contributed by atoms with Crippen molar-refractivity contribution in [2.75, 3.05) is 26.2 Å². The van der Waals surface area contributed by atoms with Crippen molar-refractivity contribution in [2.24, 2.45) is 98.5 Å². The summed E-state index contributed by atoms with van der Waals surface area (Å²) >= 11 is 0. The largest absolute Gasteiger partial charge is 0.396 e. The SMILES string of the molecule is CC(C)[C@H](NC(=O)[C@H](CCCCN)NC(=O)[C@@H](N)Cc1c[nH]c2ccccc12)C(=O)N[C@@H]1CC[C@@]2(C)[C@@H](C1)C[C@@H](NC(=O)[C@@H](NC(=O)[C@H](CCCCN)NC(=O)[C@@H](N)Cc1c[nH]c3ccccc13)C(C)C)[C@@H]1[C@@H]2C[C@H](NC(=O)[C@@H](NC(=O)[C@H](CCCCN)NC(=O)[C@@H](N)Cc2c[nH]c3ccccc23)C(C)C)[C@]2(C)[C@@H]([C@H](C)CCCO)CC[C@@H]12. The lowest BCUT2D eigenvalue weighted by atomic mass is 9.42. The second kappa shape index (κ2) is 42.0. The number of carbonyl (C=O) groups is 9. The zero-order valence-corrected chi connectivity index (χ0v) is 71.0. The highest BCUT2D eigenvalue weighted by atomic mass is 16.3. The number of aromatic nitrogens is 3. The Bertz CT molecular complexity index is 4370. The van der Waals surface area contributed by atoms with E-state index in [2.05, 4.69) is 83.6 Å². The summed E-state index contributed by atoms with van der Waals surface area (Å²) in [6, 6.07) is 12.7. The number of nitrogens with one attached hydrogen (secondary N) is 12. The number of benzene rings is 3. The van der Waals surface area contributed by atoms with Crippen LogP contribution in [-0.4, -0.2) is 172 Å². The van der Waals surface area contributed by atoms with Gasteiger partial charge in [-0.25, -0.2) is 0 Å². The first-order valence-corrected chi connectivity index (χ1v) is 43.8. The Morgan fingerprint density at radius 3 is 1.22 bits per heavy atom. The molecule has 0 unspecified atom stereocenters. The average molecular weight is 1630 g/mol. The zero-order chi connectivity index (χ0) is 85.3. The minimum Gasteiger partial charge on any atom is -0.396 e. The van der Waals surface area contributed by atoms with E-state index in [0.29, 0.717) is 96.7 Å². The molecule has 4 aliphatic carbocycles. The maximum Gasteiger partial charge on any atom is 0.243 e. The fourth-order valence-electron chi connectivity index (χ4n) is 20.5. The number of H-pyrrole nitrogens is 3. The van der Waals surface area contributed by atoms with Crippen LogP contribution in [0.4, 0.5) is 0 Å². The molecule has 0 radical (unpaired) electrons. The van der Waals surface area contributed by atoms with Crippen LogP contribution in [0.3, 0.4) is 0 Å². The maximum atomic E-state index is 15.8. The third-order valence-electron chi connectivity index (χ3n) is 27.3. The molecule has 3 aromatic heterocycles. The fourth-order valence-corrected chi connectivity index (χ4v) is 20.5. The third-order valence-corrected chi connectivity index (χ3v) is 27.3. The standard InChI is InChI=1S/C90H138N18O10/c1-50(2)77(106-83(113)71(30-16-19-37-91)101-80(110)65(94)41-54-47-97-68-27-13-10-24-59(54)68)86(116)100-58-35-36-89(8)57(44-58)45-74(104-87(117)78(51(3)4)107-84(114)72(31-17-20-38-92)102-81(111)66(95)42-55-48-98-69-28-14-11-25-60(55)69)76-63-34-33-62(53(7)23-22-40-109)90(63,9)75(46-64(76)89)105-88(118)79(52(5)6)108-85(115)73(32-18-21-39-93)103-82(112)67(96)43-56-49-99-70-29-15-12-26-61(56)70/h10-15,24-29,47-53,57-58,62-67,71-79,97-99,109H,16-23,30-46,91-96H2,1-9H3,(H,100,116)(H,101,110)(H,102,111)(H,103,112)(H,104,117)(H,105,118)(H,106,113)(H,107,114)(H,108,115)/t53-,57+,58-,62-,63+,64+,65+,66+,67+,71+,72+,73+,74-,75+,76+,77+,78+,79+,89+,90-/m1/s1. The Balaban J connectivity index is 0.933. The summed E-state index contributed by atoms with van der Waals surface area (Å²) in [5, 5.41) is 42.0. The van der Waals surface area contributed by atoms with E-state index in [-0.39, 0.29) is 104 Å². The second-order valence-corrected chi connectivity index (χ2v) is 36.3. The first-order chi connectivity index (χ1) is 56.4. The summed E-state index contributed by atoms with van der Waals surface area (Å²) in [5.41, 5.74) is 42.0. The van der Waals surface area contributed by atoms with E-state index in [1.807, 2.05) is 133 Å². The first-order valence-electron chi connectivity index (χ1n) is 43.8. The number of carbonyl (C=O) groups excluding carboxylic acids is 9. The number of fused-ring (bicyclic) bond motifs is 8. The first kappa shape index (κ1) is 91.5. The smallest absolute Gasteiger partial charge is 0.243 e. The molecule has 25 N–H and O–H groups in total. The lowest BCUT2D eigenvalue weighted by Crippen LogP contribution is -2.69. The molecular weight excluding hydrogens is 1490 g/mol. The minimum absolute atomic E-state index is 0.0107. The molecule has 10 rings (SSSR count). The summed E-state index contributed by atoms with van der Waals surface area (Å²) in [4.78, 5) is 143. The number of unbranched alkanes of at least 4 members (excludes halogenated alkanes) is 3. The molecular formula is C90H138N18O10. The van der Waals surface area contributed by atoms with Crippen LogP contribution in [0.1, 0.15) is 195 Å². The van der Waals surface area contributed by atoms with Crippen molar-refractivity contribution >= 4 is 85.9 Å². The van der Waals surface area contributed by atoms with Crippen LogP contribution in [0, 0.1) is 64.1 Å². The summed E-state index contributed by atoms with van der Waals surface area (Å²) < 4.78 is 0. The van der Waals surface area contributed by atoms with Crippen molar-refractivity contribution in [3.8, 4) is 0 Å². The normalized spacial score (nSPS) is 24.2. The van der Waals surface area contributed by atoms with Crippen molar-refractivity contribution in [3.05, 3.63) is 108 Å². The molecule has 6 aromatic rings. The highest BCUT2D eigenvalue weighted by Gasteiger charge is 2.67. The summed E-state index contributed by atoms with van der Waals surface area (Å²) in [6.45, 7) is 19.2. The second-order valence-electron chi connectivity index (χ2n) is 36.3. The average Bonchev–Trinajstić information content (AvgIpc) is 1.38. The quantitative estimate of drug-likeness (QED) is 0.0191. The van der Waals surface area contributed by atoms with E-state index < -0.39 is 130 Å². The Hall–Kier alpha value is -8.77. The van der Waals surface area contributed by atoms with Gasteiger partial charge in [-0.15, -0.1) is 0 Å².